The van der Waals surface area contributed by atoms with Gasteiger partial charge in [-0.15, -0.1) is 0 Å². The largest absolute Gasteiger partial charge is 0.394 e. The summed E-state index contributed by atoms with van der Waals surface area (Å²) in [5.41, 5.74) is 1.39. The minimum Gasteiger partial charge on any atom is -0.394 e. The van der Waals surface area contributed by atoms with Gasteiger partial charge in [-0.1, -0.05) is 42.5 Å². The predicted molar refractivity (Wildman–Crippen MR) is 113 cm³/mol. The van der Waals surface area contributed by atoms with Crippen LogP contribution in [0.1, 0.15) is 15.9 Å². The van der Waals surface area contributed by atoms with Crippen LogP contribution in [0.3, 0.4) is 0 Å². The molecule has 2 amide bonds. The number of hydrogen-bond acceptors (Lipinski definition) is 3. The number of nitrogens with one attached hydrogen (secondary N) is 2. The van der Waals surface area contributed by atoms with Crippen LogP contribution in [0, 0.1) is 3.57 Å². The van der Waals surface area contributed by atoms with E-state index < -0.39 is 24.5 Å². The number of fused-ring (bicyclic) bond motifs is 1. The van der Waals surface area contributed by atoms with E-state index in [1.165, 1.54) is 0 Å². The first-order chi connectivity index (χ1) is 13.1. The molecule has 5 nitrogen and oxygen atoms in total. The monoisotopic (exact) mass is 474 g/mol. The van der Waals surface area contributed by atoms with Gasteiger partial charge in [-0.05, 0) is 63.2 Å². The number of benzene rings is 3. The second kappa shape index (κ2) is 8.96. The molecule has 6 heteroatoms. The summed E-state index contributed by atoms with van der Waals surface area (Å²) in [4.78, 5) is 24.8. The van der Waals surface area contributed by atoms with Crippen LogP contribution < -0.4 is 10.6 Å². The molecule has 3 aromatic carbocycles. The van der Waals surface area contributed by atoms with Gasteiger partial charge in [0.25, 0.3) is 5.91 Å². The first-order valence-electron chi connectivity index (χ1n) is 8.49. The van der Waals surface area contributed by atoms with Crippen LogP contribution in [0.25, 0.3) is 10.8 Å². The van der Waals surface area contributed by atoms with E-state index in [9.17, 15) is 14.7 Å². The summed E-state index contributed by atoms with van der Waals surface area (Å²) in [5.74, 6) is -0.824. The highest BCUT2D eigenvalue weighted by Gasteiger charge is 2.20. The molecule has 0 aliphatic rings. The lowest BCUT2D eigenvalue weighted by atomic mass is 10.1. The number of rotatable bonds is 6. The molecule has 0 aromatic heterocycles. The second-order valence-electron chi connectivity index (χ2n) is 6.12. The van der Waals surface area contributed by atoms with Gasteiger partial charge < -0.3 is 15.7 Å². The molecule has 0 radical (unpaired) electrons. The molecule has 1 unspecified atom stereocenters. The summed E-state index contributed by atoms with van der Waals surface area (Å²) < 4.78 is 1.07. The maximum absolute atomic E-state index is 12.5. The van der Waals surface area contributed by atoms with Crippen LogP contribution in [0.2, 0.25) is 0 Å². The van der Waals surface area contributed by atoms with Crippen molar-refractivity contribution in [3.63, 3.8) is 0 Å². The third kappa shape index (κ3) is 5.05. The molecule has 1 atom stereocenters. The number of aliphatic hydroxyl groups excluding tert-OH is 1. The average Bonchev–Trinajstić information content (AvgIpc) is 2.69. The molecular formula is C21H19IN2O3. The van der Waals surface area contributed by atoms with E-state index in [4.69, 9.17) is 0 Å². The van der Waals surface area contributed by atoms with Crippen molar-refractivity contribution in [2.45, 2.75) is 12.6 Å². The Morgan fingerprint density at radius 2 is 1.74 bits per heavy atom. The Balaban J connectivity index is 1.64. The maximum atomic E-state index is 12.5. The van der Waals surface area contributed by atoms with Crippen molar-refractivity contribution in [2.75, 3.05) is 6.61 Å². The highest BCUT2D eigenvalue weighted by atomic mass is 127. The Bertz CT molecular complexity index is 974. The average molecular weight is 474 g/mol. The highest BCUT2D eigenvalue weighted by Crippen LogP contribution is 2.15. The molecule has 0 aliphatic carbocycles. The molecule has 3 N–H and O–H groups in total. The summed E-state index contributed by atoms with van der Waals surface area (Å²) in [6.07, 6.45) is 0. The van der Waals surface area contributed by atoms with Gasteiger partial charge in [0, 0.05) is 15.7 Å². The van der Waals surface area contributed by atoms with Gasteiger partial charge in [-0.2, -0.15) is 0 Å². The van der Waals surface area contributed by atoms with E-state index in [0.29, 0.717) is 12.1 Å². The molecular weight excluding hydrogens is 455 g/mol. The Morgan fingerprint density at radius 1 is 0.963 bits per heavy atom. The number of halogens is 1. The van der Waals surface area contributed by atoms with E-state index in [0.717, 1.165) is 19.9 Å². The zero-order chi connectivity index (χ0) is 19.2. The molecule has 0 fully saturated rings. The molecule has 0 saturated carbocycles. The van der Waals surface area contributed by atoms with E-state index >= 15 is 0 Å². The fourth-order valence-corrected chi connectivity index (χ4v) is 3.33. The van der Waals surface area contributed by atoms with Gasteiger partial charge in [-0.25, -0.2) is 0 Å². The highest BCUT2D eigenvalue weighted by molar-refractivity contribution is 14.1. The smallest absolute Gasteiger partial charge is 0.252 e. The lowest BCUT2D eigenvalue weighted by molar-refractivity contribution is -0.124. The number of hydrogen-bond donors (Lipinski definition) is 3. The number of carbonyl (C=O) groups is 2. The van der Waals surface area contributed by atoms with Gasteiger partial charge in [0.15, 0.2) is 0 Å². The molecule has 3 rings (SSSR count). The SMILES string of the molecule is O=C(NC(CO)C(=O)NCc1cccc(I)c1)c1ccc2ccccc2c1. The molecule has 0 bridgehead atoms. The van der Waals surface area contributed by atoms with Crippen molar-refractivity contribution in [3.05, 3.63) is 81.4 Å². The Labute approximate surface area is 170 Å². The first kappa shape index (κ1) is 19.3. The summed E-state index contributed by atoms with van der Waals surface area (Å²) >= 11 is 2.20. The van der Waals surface area contributed by atoms with Crippen LogP contribution >= 0.6 is 22.6 Å². The molecule has 3 aromatic rings. The van der Waals surface area contributed by atoms with Crippen molar-refractivity contribution in [1.82, 2.24) is 10.6 Å². The summed E-state index contributed by atoms with van der Waals surface area (Å²) in [5, 5.41) is 16.8. The number of carbonyl (C=O) groups excluding carboxylic acids is 2. The lowest BCUT2D eigenvalue weighted by Crippen LogP contribution is -2.48. The third-order valence-electron chi connectivity index (χ3n) is 4.17. The van der Waals surface area contributed by atoms with E-state index in [1.807, 2.05) is 54.6 Å². The normalized spacial score (nSPS) is 11.8. The second-order valence-corrected chi connectivity index (χ2v) is 7.36. The Morgan fingerprint density at radius 3 is 2.48 bits per heavy atom. The predicted octanol–water partition coefficient (Wildman–Crippen LogP) is 2.85. The lowest BCUT2D eigenvalue weighted by Gasteiger charge is -2.16. The van der Waals surface area contributed by atoms with Gasteiger partial charge in [-0.3, -0.25) is 9.59 Å². The number of amides is 2. The minimum atomic E-state index is -1.01. The number of aliphatic hydroxyl groups is 1. The van der Waals surface area contributed by atoms with Crippen LogP contribution in [0.5, 0.6) is 0 Å². The van der Waals surface area contributed by atoms with Gasteiger partial charge in [0.05, 0.1) is 6.61 Å². The molecule has 0 spiro atoms. The summed E-state index contributed by atoms with van der Waals surface area (Å²) in [6, 6.07) is 19.8. The Kier molecular flexibility index (Phi) is 6.41. The fourth-order valence-electron chi connectivity index (χ4n) is 2.73. The van der Waals surface area contributed by atoms with Crippen LogP contribution in [-0.4, -0.2) is 29.6 Å². The topological polar surface area (TPSA) is 78.4 Å². The molecule has 0 heterocycles. The van der Waals surface area contributed by atoms with Crippen molar-refractivity contribution in [1.29, 1.82) is 0 Å². The van der Waals surface area contributed by atoms with Gasteiger partial charge in [0.2, 0.25) is 5.91 Å². The van der Waals surface area contributed by atoms with E-state index in [-0.39, 0.29) is 0 Å². The zero-order valence-corrected chi connectivity index (χ0v) is 16.6. The van der Waals surface area contributed by atoms with Crippen molar-refractivity contribution in [2.24, 2.45) is 0 Å². The van der Waals surface area contributed by atoms with Crippen LogP contribution in [-0.2, 0) is 11.3 Å². The van der Waals surface area contributed by atoms with Crippen molar-refractivity contribution < 1.29 is 14.7 Å². The minimum absolute atomic E-state index is 0.331. The molecule has 27 heavy (non-hydrogen) atoms. The van der Waals surface area contributed by atoms with Crippen LogP contribution in [0.15, 0.2) is 66.7 Å². The third-order valence-corrected chi connectivity index (χ3v) is 4.84. The van der Waals surface area contributed by atoms with E-state index in [1.54, 1.807) is 12.1 Å². The maximum Gasteiger partial charge on any atom is 0.252 e. The quantitative estimate of drug-likeness (QED) is 0.481. The first-order valence-corrected chi connectivity index (χ1v) is 9.57. The zero-order valence-electron chi connectivity index (χ0n) is 14.5. The van der Waals surface area contributed by atoms with Gasteiger partial charge in [0.1, 0.15) is 6.04 Å². The summed E-state index contributed by atoms with van der Waals surface area (Å²) in [7, 11) is 0. The summed E-state index contributed by atoms with van der Waals surface area (Å²) in [6.45, 7) is -0.143. The van der Waals surface area contributed by atoms with Crippen molar-refractivity contribution >= 4 is 45.2 Å². The molecule has 0 aliphatic heterocycles. The van der Waals surface area contributed by atoms with E-state index in [2.05, 4.69) is 33.2 Å². The van der Waals surface area contributed by atoms with Gasteiger partial charge >= 0.3 is 0 Å². The fraction of sp³-hybridized carbons (Fsp3) is 0.143. The molecule has 138 valence electrons. The van der Waals surface area contributed by atoms with Crippen LogP contribution in [0.4, 0.5) is 0 Å². The van der Waals surface area contributed by atoms with Crippen molar-refractivity contribution in [3.8, 4) is 0 Å². The molecule has 0 saturated heterocycles. The Hall–Kier alpha value is -2.45. The standard InChI is InChI=1S/C21H19IN2O3/c22-18-7-3-4-14(10-18)12-23-21(27)19(13-25)24-20(26)17-9-8-15-5-1-2-6-16(15)11-17/h1-11,19,25H,12-13H2,(H,23,27)(H,24,26).